The van der Waals surface area contributed by atoms with E-state index in [1.165, 1.54) is 6.07 Å². The van der Waals surface area contributed by atoms with Crippen LogP contribution in [0.5, 0.6) is 5.75 Å². The first-order valence-electron chi connectivity index (χ1n) is 4.98. The van der Waals surface area contributed by atoms with Crippen molar-refractivity contribution < 1.29 is 9.90 Å². The van der Waals surface area contributed by atoms with Crippen molar-refractivity contribution in [1.29, 1.82) is 0 Å². The summed E-state index contributed by atoms with van der Waals surface area (Å²) in [6.45, 7) is 1.80. The van der Waals surface area contributed by atoms with Crippen LogP contribution < -0.4 is 11.1 Å². The summed E-state index contributed by atoms with van der Waals surface area (Å²) in [6.07, 6.45) is 0.426. The topological polar surface area (TPSA) is 75.3 Å². The summed E-state index contributed by atoms with van der Waals surface area (Å²) in [6, 6.07) is 4.50. The van der Waals surface area contributed by atoms with Crippen molar-refractivity contribution in [2.24, 2.45) is 5.73 Å². The van der Waals surface area contributed by atoms with Gasteiger partial charge in [-0.3, -0.25) is 4.79 Å². The first kappa shape index (κ1) is 13.9. The molecule has 0 heterocycles. The van der Waals surface area contributed by atoms with Crippen LogP contribution in [-0.2, 0) is 0 Å². The maximum absolute atomic E-state index is 11.8. The fourth-order valence-corrected chi connectivity index (χ4v) is 1.96. The third-order valence-electron chi connectivity index (χ3n) is 2.09. The summed E-state index contributed by atoms with van der Waals surface area (Å²) in [4.78, 5) is 12.2. The number of benzene rings is 1. The Morgan fingerprint density at radius 1 is 1.65 bits per heavy atom. The minimum absolute atomic E-state index is 0.0618. The smallest absolute Gasteiger partial charge is 0.255 e. The molecule has 1 aromatic carbocycles. The molecule has 0 spiro atoms. The van der Waals surface area contributed by atoms with Crippen LogP contribution in [0.25, 0.3) is 0 Å². The number of rotatable bonds is 4. The van der Waals surface area contributed by atoms with Gasteiger partial charge in [-0.05, 0) is 25.1 Å². The Balaban J connectivity index is 2.76. The fourth-order valence-electron chi connectivity index (χ4n) is 1.34. The number of carbonyl (C=O) groups excluding carboxylic acids is 1. The van der Waals surface area contributed by atoms with Crippen LogP contribution in [0.3, 0.4) is 0 Å². The highest BCUT2D eigenvalue weighted by Crippen LogP contribution is 2.21. The van der Waals surface area contributed by atoms with Gasteiger partial charge < -0.3 is 16.2 Å². The van der Waals surface area contributed by atoms with E-state index in [1.807, 2.05) is 0 Å². The molecule has 0 aliphatic rings. The van der Waals surface area contributed by atoms with Gasteiger partial charge in [0, 0.05) is 16.9 Å². The largest absolute Gasteiger partial charge is 0.507 e. The molecular weight excluding hydrogens is 304 g/mol. The van der Waals surface area contributed by atoms with Crippen LogP contribution in [0.15, 0.2) is 22.7 Å². The molecule has 0 saturated heterocycles. The Bertz CT molecular complexity index is 451. The number of hydrogen-bond donors (Lipinski definition) is 3. The molecule has 0 aliphatic heterocycles. The Labute approximate surface area is 113 Å². The minimum Gasteiger partial charge on any atom is -0.507 e. The van der Waals surface area contributed by atoms with Crippen LogP contribution in [0.2, 0.25) is 0 Å². The van der Waals surface area contributed by atoms with E-state index in [9.17, 15) is 9.90 Å². The molecule has 0 bridgehead atoms. The zero-order chi connectivity index (χ0) is 13.0. The van der Waals surface area contributed by atoms with E-state index in [4.69, 9.17) is 18.0 Å². The number of hydrogen-bond acceptors (Lipinski definition) is 3. The van der Waals surface area contributed by atoms with E-state index in [0.717, 1.165) is 4.47 Å². The van der Waals surface area contributed by atoms with Crippen molar-refractivity contribution in [3.05, 3.63) is 28.2 Å². The van der Waals surface area contributed by atoms with Crippen LogP contribution in [0.1, 0.15) is 23.7 Å². The second-order valence-corrected chi connectivity index (χ2v) is 5.15. The van der Waals surface area contributed by atoms with Crippen molar-refractivity contribution >= 4 is 39.0 Å². The molecule has 6 heteroatoms. The van der Waals surface area contributed by atoms with E-state index < -0.39 is 0 Å². The lowest BCUT2D eigenvalue weighted by Gasteiger charge is -2.13. The molecule has 0 aliphatic carbocycles. The van der Waals surface area contributed by atoms with Gasteiger partial charge in [0.05, 0.1) is 10.6 Å². The van der Waals surface area contributed by atoms with E-state index in [2.05, 4.69) is 21.2 Å². The van der Waals surface area contributed by atoms with Gasteiger partial charge in [0.15, 0.2) is 0 Å². The Morgan fingerprint density at radius 3 is 2.88 bits per heavy atom. The van der Waals surface area contributed by atoms with Crippen molar-refractivity contribution in [3.63, 3.8) is 0 Å². The Kier molecular flexibility index (Phi) is 4.89. The van der Waals surface area contributed by atoms with Gasteiger partial charge >= 0.3 is 0 Å². The molecule has 17 heavy (non-hydrogen) atoms. The zero-order valence-electron chi connectivity index (χ0n) is 9.24. The molecule has 4 nitrogen and oxygen atoms in total. The molecule has 1 unspecified atom stereocenters. The number of phenols is 1. The Hall–Kier alpha value is -1.14. The predicted octanol–water partition coefficient (Wildman–Crippen LogP) is 1.95. The monoisotopic (exact) mass is 316 g/mol. The molecule has 1 aromatic rings. The quantitative estimate of drug-likeness (QED) is 0.742. The molecule has 1 amide bonds. The highest BCUT2D eigenvalue weighted by molar-refractivity contribution is 9.10. The number of aromatic hydroxyl groups is 1. The van der Waals surface area contributed by atoms with Crippen LogP contribution in [0.4, 0.5) is 0 Å². The average molecular weight is 317 g/mol. The number of halogens is 1. The molecule has 92 valence electrons. The summed E-state index contributed by atoms with van der Waals surface area (Å²) >= 11 is 8.00. The molecule has 1 rings (SSSR count). The van der Waals surface area contributed by atoms with Crippen LogP contribution in [0, 0.1) is 0 Å². The molecule has 0 aromatic heterocycles. The van der Waals surface area contributed by atoms with Gasteiger partial charge in [-0.25, -0.2) is 0 Å². The lowest BCUT2D eigenvalue weighted by Crippen LogP contribution is -2.35. The van der Waals surface area contributed by atoms with Crippen molar-refractivity contribution in [2.45, 2.75) is 19.4 Å². The van der Waals surface area contributed by atoms with Crippen molar-refractivity contribution in [1.82, 2.24) is 5.32 Å². The first-order chi connectivity index (χ1) is 7.90. The SMILES string of the molecule is CC(CC(N)=S)NC(=O)c1cc(Br)ccc1O. The average Bonchev–Trinajstić information content (AvgIpc) is 2.20. The van der Waals surface area contributed by atoms with E-state index in [0.29, 0.717) is 11.4 Å². The lowest BCUT2D eigenvalue weighted by atomic mass is 10.1. The van der Waals surface area contributed by atoms with Gasteiger partial charge in [-0.1, -0.05) is 28.1 Å². The van der Waals surface area contributed by atoms with Crippen molar-refractivity contribution in [2.75, 3.05) is 0 Å². The third kappa shape index (κ3) is 4.32. The number of thiocarbonyl (C=S) groups is 1. The molecule has 0 fully saturated rings. The van der Waals surface area contributed by atoms with Crippen LogP contribution >= 0.6 is 28.1 Å². The van der Waals surface area contributed by atoms with Gasteiger partial charge in [-0.2, -0.15) is 0 Å². The van der Waals surface area contributed by atoms with E-state index >= 15 is 0 Å². The van der Waals surface area contributed by atoms with Gasteiger partial charge in [0.1, 0.15) is 5.75 Å². The highest BCUT2D eigenvalue weighted by atomic mass is 79.9. The van der Waals surface area contributed by atoms with Gasteiger partial charge in [0.25, 0.3) is 5.91 Å². The number of nitrogens with one attached hydrogen (secondary N) is 1. The van der Waals surface area contributed by atoms with Gasteiger partial charge in [0.2, 0.25) is 0 Å². The van der Waals surface area contributed by atoms with Crippen molar-refractivity contribution in [3.8, 4) is 5.75 Å². The summed E-state index contributed by atoms with van der Waals surface area (Å²) in [7, 11) is 0. The minimum atomic E-state index is -0.354. The summed E-state index contributed by atoms with van der Waals surface area (Å²) in [5.74, 6) is -0.416. The fraction of sp³-hybridized carbons (Fsp3) is 0.273. The third-order valence-corrected chi connectivity index (χ3v) is 2.75. The second kappa shape index (κ2) is 5.97. The number of phenolic OH excluding ortho intramolecular Hbond substituents is 1. The summed E-state index contributed by atoms with van der Waals surface area (Å²) < 4.78 is 0.724. The normalized spacial score (nSPS) is 11.9. The number of amides is 1. The molecular formula is C11H13BrN2O2S. The first-order valence-corrected chi connectivity index (χ1v) is 6.18. The van der Waals surface area contributed by atoms with E-state index in [1.54, 1.807) is 19.1 Å². The summed E-state index contributed by atoms with van der Waals surface area (Å²) in [5.41, 5.74) is 5.60. The van der Waals surface area contributed by atoms with Crippen LogP contribution in [-0.4, -0.2) is 22.0 Å². The Morgan fingerprint density at radius 2 is 2.29 bits per heavy atom. The van der Waals surface area contributed by atoms with E-state index in [-0.39, 0.29) is 23.3 Å². The molecule has 0 radical (unpaired) electrons. The number of carbonyl (C=O) groups is 1. The lowest BCUT2D eigenvalue weighted by molar-refractivity contribution is 0.0938. The zero-order valence-corrected chi connectivity index (χ0v) is 11.6. The molecule has 4 N–H and O–H groups in total. The number of nitrogens with two attached hydrogens (primary N) is 1. The van der Waals surface area contributed by atoms with Gasteiger partial charge in [-0.15, -0.1) is 0 Å². The predicted molar refractivity (Wildman–Crippen MR) is 74.1 cm³/mol. The second-order valence-electron chi connectivity index (χ2n) is 3.71. The standard InChI is InChI=1S/C11H13BrN2O2S/c1-6(4-10(13)17)14-11(16)8-5-7(12)2-3-9(8)15/h2-3,5-6,15H,4H2,1H3,(H2,13,17)(H,14,16). The summed E-state index contributed by atoms with van der Waals surface area (Å²) in [5, 5.41) is 12.3. The molecule has 1 atom stereocenters. The molecule has 0 saturated carbocycles. The maximum Gasteiger partial charge on any atom is 0.255 e. The highest BCUT2D eigenvalue weighted by Gasteiger charge is 2.14. The maximum atomic E-state index is 11.8.